The molecule has 0 bridgehead atoms. The third-order valence-electron chi connectivity index (χ3n) is 4.05. The number of ether oxygens (including phenoxy) is 2. The molecule has 0 aliphatic carbocycles. The van der Waals surface area contributed by atoms with E-state index >= 15 is 0 Å². The summed E-state index contributed by atoms with van der Waals surface area (Å²) in [5, 5.41) is 9.52. The van der Waals surface area contributed by atoms with E-state index in [0.29, 0.717) is 52.9 Å². The molecule has 1 aliphatic heterocycles. The lowest BCUT2D eigenvalue weighted by Crippen LogP contribution is -2.15. The van der Waals surface area contributed by atoms with Crippen molar-refractivity contribution in [2.75, 3.05) is 13.2 Å². The minimum absolute atomic E-state index is 0.262. The van der Waals surface area contributed by atoms with Crippen LogP contribution in [-0.2, 0) is 11.2 Å². The highest BCUT2D eigenvalue weighted by molar-refractivity contribution is 5.91. The Hall–Kier alpha value is -3.22. The minimum Gasteiger partial charge on any atom is -0.486 e. The fourth-order valence-electron chi connectivity index (χ4n) is 3.05. The van der Waals surface area contributed by atoms with Crippen LogP contribution in [0.4, 0.5) is 0 Å². The van der Waals surface area contributed by atoms with Crippen molar-refractivity contribution >= 4 is 16.9 Å². The number of H-pyrrole nitrogens is 1. The van der Waals surface area contributed by atoms with E-state index in [0.717, 1.165) is 0 Å². The van der Waals surface area contributed by atoms with Crippen molar-refractivity contribution in [2.45, 2.75) is 13.3 Å². The molecule has 2 aromatic heterocycles. The number of aromatic nitrogens is 1. The van der Waals surface area contributed by atoms with Crippen molar-refractivity contribution < 1.29 is 23.8 Å². The monoisotopic (exact) mass is 341 g/mol. The van der Waals surface area contributed by atoms with Crippen LogP contribution >= 0.6 is 0 Å². The number of aryl methyl sites for hydroxylation is 1. The predicted octanol–water partition coefficient (Wildman–Crippen LogP) is 2.49. The van der Waals surface area contributed by atoms with Crippen LogP contribution in [0.15, 0.2) is 33.5 Å². The second-order valence-electron chi connectivity index (χ2n) is 5.86. The van der Waals surface area contributed by atoms with Crippen LogP contribution in [-0.4, -0.2) is 29.3 Å². The molecule has 0 unspecified atom stereocenters. The van der Waals surface area contributed by atoms with Gasteiger partial charge in [0.2, 0.25) is 0 Å². The Balaban J connectivity index is 1.96. The molecule has 3 heterocycles. The molecule has 7 heteroatoms. The molecule has 4 rings (SSSR count). The normalized spacial score (nSPS) is 13.2. The first-order valence-corrected chi connectivity index (χ1v) is 7.80. The van der Waals surface area contributed by atoms with Gasteiger partial charge < -0.3 is 24.0 Å². The molecule has 1 aromatic carbocycles. The molecule has 128 valence electrons. The number of nitrogens with one attached hydrogen (secondary N) is 1. The standard InChI is InChI=1S/C18H15NO6/c1-9-6-14-16(18(22)19-9)11(8-15(20)21)17(25-14)10-2-3-12-13(7-10)24-5-4-23-12/h2-3,6-7H,4-5,8H2,1H3,(H,19,22)(H,20,21). The zero-order valence-corrected chi connectivity index (χ0v) is 13.4. The van der Waals surface area contributed by atoms with Crippen LogP contribution in [0.2, 0.25) is 0 Å². The summed E-state index contributed by atoms with van der Waals surface area (Å²) in [5.74, 6) is 0.502. The van der Waals surface area contributed by atoms with Crippen LogP contribution in [0.25, 0.3) is 22.3 Å². The largest absolute Gasteiger partial charge is 0.486 e. The third kappa shape index (κ3) is 2.63. The summed E-state index contributed by atoms with van der Waals surface area (Å²) in [6.07, 6.45) is -0.317. The van der Waals surface area contributed by atoms with E-state index in [1.54, 1.807) is 31.2 Å². The number of furan rings is 1. The van der Waals surface area contributed by atoms with Gasteiger partial charge in [0.15, 0.2) is 11.5 Å². The summed E-state index contributed by atoms with van der Waals surface area (Å²) in [4.78, 5) is 26.3. The van der Waals surface area contributed by atoms with E-state index < -0.39 is 5.97 Å². The van der Waals surface area contributed by atoms with Gasteiger partial charge in [0.05, 0.1) is 11.8 Å². The Labute approximate surface area is 141 Å². The summed E-state index contributed by atoms with van der Waals surface area (Å²) in [5.41, 5.74) is 1.62. The summed E-state index contributed by atoms with van der Waals surface area (Å²) in [6, 6.07) is 6.93. The molecular formula is C18H15NO6. The SMILES string of the molecule is Cc1cc2oc(-c3ccc4c(c3)OCCO4)c(CC(=O)O)c2c(=O)[nH]1. The van der Waals surface area contributed by atoms with Crippen molar-refractivity contribution in [1.82, 2.24) is 4.98 Å². The number of carboxylic acids is 1. The molecule has 0 atom stereocenters. The average molecular weight is 341 g/mol. The maximum Gasteiger partial charge on any atom is 0.307 e. The lowest BCUT2D eigenvalue weighted by molar-refractivity contribution is -0.136. The van der Waals surface area contributed by atoms with Crippen LogP contribution in [0.1, 0.15) is 11.3 Å². The summed E-state index contributed by atoms with van der Waals surface area (Å²) in [7, 11) is 0. The zero-order valence-electron chi connectivity index (χ0n) is 13.4. The Morgan fingerprint density at radius 3 is 2.72 bits per heavy atom. The molecule has 3 aromatic rings. The number of aliphatic carboxylic acids is 1. The summed E-state index contributed by atoms with van der Waals surface area (Å²) >= 11 is 0. The molecule has 0 saturated carbocycles. The van der Waals surface area contributed by atoms with Gasteiger partial charge in [-0.05, 0) is 25.1 Å². The van der Waals surface area contributed by atoms with Crippen molar-refractivity contribution in [3.05, 3.63) is 45.9 Å². The number of fused-ring (bicyclic) bond motifs is 2. The van der Waals surface area contributed by atoms with Gasteiger partial charge >= 0.3 is 5.97 Å². The molecule has 25 heavy (non-hydrogen) atoms. The lowest BCUT2D eigenvalue weighted by Gasteiger charge is -2.18. The first kappa shape index (κ1) is 15.3. The van der Waals surface area contributed by atoms with Crippen LogP contribution < -0.4 is 15.0 Å². The van der Waals surface area contributed by atoms with Gasteiger partial charge in [0, 0.05) is 22.9 Å². The maximum atomic E-state index is 12.3. The Morgan fingerprint density at radius 2 is 1.96 bits per heavy atom. The molecular weight excluding hydrogens is 326 g/mol. The van der Waals surface area contributed by atoms with Gasteiger partial charge in [-0.25, -0.2) is 0 Å². The highest BCUT2D eigenvalue weighted by Crippen LogP contribution is 2.38. The smallest absolute Gasteiger partial charge is 0.307 e. The number of hydrogen-bond donors (Lipinski definition) is 2. The molecule has 0 fully saturated rings. The number of carboxylic acid groups (broad SMARTS) is 1. The van der Waals surface area contributed by atoms with Gasteiger partial charge in [-0.15, -0.1) is 0 Å². The zero-order chi connectivity index (χ0) is 17.6. The molecule has 0 amide bonds. The summed E-state index contributed by atoms with van der Waals surface area (Å²) < 4.78 is 16.9. The van der Waals surface area contributed by atoms with Gasteiger partial charge in [-0.2, -0.15) is 0 Å². The van der Waals surface area contributed by atoms with E-state index in [1.165, 1.54) is 0 Å². The van der Waals surface area contributed by atoms with Crippen molar-refractivity contribution in [3.8, 4) is 22.8 Å². The number of benzene rings is 1. The molecule has 0 spiro atoms. The first-order chi connectivity index (χ1) is 12.0. The predicted molar refractivity (Wildman–Crippen MR) is 89.3 cm³/mol. The number of rotatable bonds is 3. The highest BCUT2D eigenvalue weighted by Gasteiger charge is 2.22. The van der Waals surface area contributed by atoms with E-state index in [1.807, 2.05) is 0 Å². The highest BCUT2D eigenvalue weighted by atomic mass is 16.6. The Morgan fingerprint density at radius 1 is 1.20 bits per heavy atom. The van der Waals surface area contributed by atoms with E-state index in [4.69, 9.17) is 13.9 Å². The van der Waals surface area contributed by atoms with Gasteiger partial charge in [-0.3, -0.25) is 9.59 Å². The molecule has 0 saturated heterocycles. The minimum atomic E-state index is -1.04. The number of aromatic amines is 1. The fraction of sp³-hybridized carbons (Fsp3) is 0.222. The van der Waals surface area contributed by atoms with Crippen LogP contribution in [0.5, 0.6) is 11.5 Å². The second-order valence-corrected chi connectivity index (χ2v) is 5.86. The van der Waals surface area contributed by atoms with E-state index in [-0.39, 0.29) is 17.4 Å². The quantitative estimate of drug-likeness (QED) is 0.759. The van der Waals surface area contributed by atoms with E-state index in [9.17, 15) is 14.7 Å². The molecule has 2 N–H and O–H groups in total. The average Bonchev–Trinajstić information content (AvgIpc) is 2.92. The summed E-state index contributed by atoms with van der Waals surface area (Å²) in [6.45, 7) is 2.66. The van der Waals surface area contributed by atoms with E-state index in [2.05, 4.69) is 4.98 Å². The van der Waals surface area contributed by atoms with Crippen molar-refractivity contribution in [1.29, 1.82) is 0 Å². The third-order valence-corrected chi connectivity index (χ3v) is 4.05. The number of hydrogen-bond acceptors (Lipinski definition) is 5. The Bertz CT molecular complexity index is 1050. The number of pyridine rings is 1. The van der Waals surface area contributed by atoms with Gasteiger partial charge in [0.1, 0.15) is 24.6 Å². The number of carbonyl (C=O) groups is 1. The Kier molecular flexibility index (Phi) is 3.49. The van der Waals surface area contributed by atoms with Crippen LogP contribution in [0, 0.1) is 6.92 Å². The fourth-order valence-corrected chi connectivity index (χ4v) is 3.05. The molecule has 7 nitrogen and oxygen atoms in total. The van der Waals surface area contributed by atoms with Crippen LogP contribution in [0.3, 0.4) is 0 Å². The van der Waals surface area contributed by atoms with Gasteiger partial charge in [0.25, 0.3) is 5.56 Å². The second kappa shape index (κ2) is 5.70. The first-order valence-electron chi connectivity index (χ1n) is 7.80. The molecule has 0 radical (unpaired) electrons. The maximum absolute atomic E-state index is 12.3. The lowest BCUT2D eigenvalue weighted by atomic mass is 10.0. The molecule has 1 aliphatic rings. The van der Waals surface area contributed by atoms with Crippen molar-refractivity contribution in [3.63, 3.8) is 0 Å². The van der Waals surface area contributed by atoms with Crippen molar-refractivity contribution in [2.24, 2.45) is 0 Å². The van der Waals surface area contributed by atoms with Gasteiger partial charge in [-0.1, -0.05) is 0 Å². The topological polar surface area (TPSA) is 102 Å².